The minimum atomic E-state index is 0.773. The number of hydrogen-bond acceptors (Lipinski definition) is 2. The van der Waals surface area contributed by atoms with Crippen molar-refractivity contribution >= 4 is 11.3 Å². The van der Waals surface area contributed by atoms with Crippen LogP contribution in [0.25, 0.3) is 0 Å². The molecule has 2 heteroatoms. The van der Waals surface area contributed by atoms with Crippen LogP contribution in [0, 0.1) is 5.92 Å². The van der Waals surface area contributed by atoms with Crippen molar-refractivity contribution in [1.29, 1.82) is 0 Å². The fraction of sp³-hybridized carbons (Fsp3) is 0.714. The standard InChI is InChI=1S/C14H23NS/c1-15-14-5-3-2-4-12(10-14)6-7-13-8-9-16-11-13/h8-9,11-12,14-15H,2-7,10H2,1H3. The first-order chi connectivity index (χ1) is 7.88. The molecule has 1 nitrogen and oxygen atoms in total. The van der Waals surface area contributed by atoms with Gasteiger partial charge in [-0.15, -0.1) is 0 Å². The number of aryl methyl sites for hydroxylation is 1. The Bertz CT molecular complexity index is 281. The van der Waals surface area contributed by atoms with E-state index in [0.29, 0.717) is 0 Å². The summed E-state index contributed by atoms with van der Waals surface area (Å²) >= 11 is 1.82. The van der Waals surface area contributed by atoms with Crippen molar-refractivity contribution < 1.29 is 0 Å². The fourth-order valence-electron chi connectivity index (χ4n) is 2.79. The molecule has 1 N–H and O–H groups in total. The highest BCUT2D eigenvalue weighted by molar-refractivity contribution is 7.07. The van der Waals surface area contributed by atoms with Crippen LogP contribution in [0.15, 0.2) is 16.8 Å². The van der Waals surface area contributed by atoms with Crippen molar-refractivity contribution in [2.24, 2.45) is 5.92 Å². The second-order valence-electron chi connectivity index (χ2n) is 5.04. The van der Waals surface area contributed by atoms with E-state index in [0.717, 1.165) is 12.0 Å². The van der Waals surface area contributed by atoms with E-state index in [1.54, 1.807) is 0 Å². The molecule has 0 saturated heterocycles. The maximum atomic E-state index is 3.47. The SMILES string of the molecule is CNC1CCCCC(CCc2ccsc2)C1. The Hall–Kier alpha value is -0.340. The van der Waals surface area contributed by atoms with Crippen molar-refractivity contribution in [3.8, 4) is 0 Å². The third-order valence-corrected chi connectivity index (χ3v) is 4.59. The monoisotopic (exact) mass is 237 g/mol. The smallest absolute Gasteiger partial charge is 0.00667 e. The summed E-state index contributed by atoms with van der Waals surface area (Å²) in [6.45, 7) is 0. The quantitative estimate of drug-likeness (QED) is 0.784. The molecule has 0 aliphatic heterocycles. The second-order valence-corrected chi connectivity index (χ2v) is 5.82. The molecule has 2 rings (SSSR count). The third-order valence-electron chi connectivity index (χ3n) is 3.86. The summed E-state index contributed by atoms with van der Waals surface area (Å²) in [4.78, 5) is 0. The molecule has 1 aliphatic carbocycles. The summed E-state index contributed by atoms with van der Waals surface area (Å²) in [6.07, 6.45) is 9.74. The van der Waals surface area contributed by atoms with E-state index in [-0.39, 0.29) is 0 Å². The highest BCUT2D eigenvalue weighted by atomic mass is 32.1. The topological polar surface area (TPSA) is 12.0 Å². The lowest BCUT2D eigenvalue weighted by Gasteiger charge is -2.19. The van der Waals surface area contributed by atoms with Crippen LogP contribution < -0.4 is 5.32 Å². The van der Waals surface area contributed by atoms with Crippen molar-refractivity contribution in [3.05, 3.63) is 22.4 Å². The Morgan fingerprint density at radius 3 is 3.00 bits per heavy atom. The average Bonchev–Trinajstić information content (AvgIpc) is 2.71. The number of rotatable bonds is 4. The first-order valence-corrected chi connectivity index (χ1v) is 7.51. The summed E-state index contributed by atoms with van der Waals surface area (Å²) in [5.41, 5.74) is 1.54. The van der Waals surface area contributed by atoms with E-state index in [2.05, 4.69) is 29.2 Å². The van der Waals surface area contributed by atoms with Gasteiger partial charge >= 0.3 is 0 Å². The van der Waals surface area contributed by atoms with Crippen LogP contribution in [0.1, 0.15) is 44.1 Å². The molecule has 1 aliphatic rings. The van der Waals surface area contributed by atoms with Gasteiger partial charge in [0.2, 0.25) is 0 Å². The van der Waals surface area contributed by atoms with Gasteiger partial charge in [0.15, 0.2) is 0 Å². The molecule has 1 aromatic rings. The maximum absolute atomic E-state index is 3.47. The van der Waals surface area contributed by atoms with Gasteiger partial charge in [0.05, 0.1) is 0 Å². The Morgan fingerprint density at radius 1 is 1.38 bits per heavy atom. The molecule has 0 amide bonds. The molecule has 0 bridgehead atoms. The molecule has 90 valence electrons. The van der Waals surface area contributed by atoms with E-state index in [9.17, 15) is 0 Å². The van der Waals surface area contributed by atoms with Crippen LogP contribution in [-0.2, 0) is 6.42 Å². The van der Waals surface area contributed by atoms with E-state index in [1.165, 1.54) is 50.5 Å². The number of nitrogens with one attached hydrogen (secondary N) is 1. The van der Waals surface area contributed by atoms with E-state index in [4.69, 9.17) is 0 Å². The zero-order chi connectivity index (χ0) is 11.2. The average molecular weight is 237 g/mol. The van der Waals surface area contributed by atoms with Crippen molar-refractivity contribution in [1.82, 2.24) is 5.32 Å². The molecule has 2 unspecified atom stereocenters. The Morgan fingerprint density at radius 2 is 2.25 bits per heavy atom. The maximum Gasteiger partial charge on any atom is 0.00667 e. The van der Waals surface area contributed by atoms with Gasteiger partial charge in [-0.3, -0.25) is 0 Å². The molecule has 0 aromatic carbocycles. The minimum Gasteiger partial charge on any atom is -0.317 e. The third kappa shape index (κ3) is 3.60. The highest BCUT2D eigenvalue weighted by Gasteiger charge is 2.18. The van der Waals surface area contributed by atoms with Crippen LogP contribution in [0.5, 0.6) is 0 Å². The zero-order valence-corrected chi connectivity index (χ0v) is 11.1. The van der Waals surface area contributed by atoms with Crippen molar-refractivity contribution in [2.45, 2.75) is 51.0 Å². The van der Waals surface area contributed by atoms with E-state index >= 15 is 0 Å². The molecule has 0 radical (unpaired) electrons. The lowest BCUT2D eigenvalue weighted by atomic mass is 9.92. The summed E-state index contributed by atoms with van der Waals surface area (Å²) in [6, 6.07) is 3.05. The van der Waals surface area contributed by atoms with Gasteiger partial charge in [0.25, 0.3) is 0 Å². The van der Waals surface area contributed by atoms with Crippen LogP contribution in [0.2, 0.25) is 0 Å². The Balaban J connectivity index is 1.79. The Labute approximate surface area is 103 Å². The summed E-state index contributed by atoms with van der Waals surface area (Å²) in [5.74, 6) is 0.944. The van der Waals surface area contributed by atoms with Gasteiger partial charge in [0.1, 0.15) is 0 Å². The number of thiophene rings is 1. The molecule has 1 aromatic heterocycles. The Kier molecular flexibility index (Phi) is 4.86. The molecule has 1 saturated carbocycles. The first kappa shape index (κ1) is 12.1. The largest absolute Gasteiger partial charge is 0.317 e. The van der Waals surface area contributed by atoms with Gasteiger partial charge in [0, 0.05) is 6.04 Å². The first-order valence-electron chi connectivity index (χ1n) is 6.57. The predicted molar refractivity (Wildman–Crippen MR) is 72.1 cm³/mol. The lowest BCUT2D eigenvalue weighted by Crippen LogP contribution is -2.26. The van der Waals surface area contributed by atoms with Gasteiger partial charge in [-0.05, 0) is 61.0 Å². The second kappa shape index (κ2) is 6.41. The normalized spacial score (nSPS) is 26.6. The van der Waals surface area contributed by atoms with E-state index < -0.39 is 0 Å². The lowest BCUT2D eigenvalue weighted by molar-refractivity contribution is 0.381. The summed E-state index contributed by atoms with van der Waals surface area (Å²) in [5, 5.41) is 7.96. The molecular weight excluding hydrogens is 214 g/mol. The predicted octanol–water partition coefficient (Wildman–Crippen LogP) is 3.85. The van der Waals surface area contributed by atoms with Crippen LogP contribution in [0.4, 0.5) is 0 Å². The van der Waals surface area contributed by atoms with Gasteiger partial charge in [-0.25, -0.2) is 0 Å². The highest BCUT2D eigenvalue weighted by Crippen LogP contribution is 2.27. The molecule has 1 fully saturated rings. The zero-order valence-electron chi connectivity index (χ0n) is 10.2. The fourth-order valence-corrected chi connectivity index (χ4v) is 3.50. The van der Waals surface area contributed by atoms with Gasteiger partial charge in [-0.1, -0.05) is 19.3 Å². The van der Waals surface area contributed by atoms with Crippen molar-refractivity contribution in [3.63, 3.8) is 0 Å². The van der Waals surface area contributed by atoms with Crippen molar-refractivity contribution in [2.75, 3.05) is 7.05 Å². The summed E-state index contributed by atoms with van der Waals surface area (Å²) in [7, 11) is 2.12. The molecule has 1 heterocycles. The minimum absolute atomic E-state index is 0.773. The van der Waals surface area contributed by atoms with Crippen LogP contribution in [0.3, 0.4) is 0 Å². The molecule has 2 atom stereocenters. The molecule has 0 spiro atoms. The van der Waals surface area contributed by atoms with Crippen LogP contribution in [-0.4, -0.2) is 13.1 Å². The summed E-state index contributed by atoms with van der Waals surface area (Å²) < 4.78 is 0. The van der Waals surface area contributed by atoms with Gasteiger partial charge in [-0.2, -0.15) is 11.3 Å². The van der Waals surface area contributed by atoms with Gasteiger partial charge < -0.3 is 5.32 Å². The molecule has 16 heavy (non-hydrogen) atoms. The molecular formula is C14H23NS. The van der Waals surface area contributed by atoms with Crippen LogP contribution >= 0.6 is 11.3 Å². The van der Waals surface area contributed by atoms with E-state index in [1.807, 2.05) is 11.3 Å². The number of hydrogen-bond donors (Lipinski definition) is 1.